The van der Waals surface area contributed by atoms with Gasteiger partial charge in [0.2, 0.25) is 15.9 Å². The van der Waals surface area contributed by atoms with Crippen molar-refractivity contribution in [2.75, 3.05) is 5.75 Å². The second-order valence-corrected chi connectivity index (χ2v) is 7.81. The number of amides is 1. The first kappa shape index (κ1) is 16.8. The molecular weight excluding hydrogens is 324 g/mol. The van der Waals surface area contributed by atoms with Gasteiger partial charge in [-0.2, -0.15) is 5.26 Å². The van der Waals surface area contributed by atoms with Gasteiger partial charge < -0.3 is 0 Å². The molecule has 0 radical (unpaired) electrons. The lowest BCUT2D eigenvalue weighted by Gasteiger charge is -2.16. The quantitative estimate of drug-likeness (QED) is 0.772. The predicted octanol–water partition coefficient (Wildman–Crippen LogP) is 2.41. The number of hydrogen-bond donors (Lipinski definition) is 1. The first-order chi connectivity index (χ1) is 10.4. The van der Waals surface area contributed by atoms with E-state index in [0.717, 1.165) is 5.56 Å². The predicted molar refractivity (Wildman–Crippen MR) is 83.6 cm³/mol. The molecule has 22 heavy (non-hydrogen) atoms. The standard InChI is InChI=1S/C15H17ClN2O3S/c16-13-6-2-1-5-12(13)11-15(7-8-15)14(19)18-22(20,21)10-4-3-9-17/h1-2,5-6H,3-4,7-8,10-11H2,(H,18,19). The molecule has 5 nitrogen and oxygen atoms in total. The van der Waals surface area contributed by atoms with Gasteiger partial charge >= 0.3 is 0 Å². The Morgan fingerprint density at radius 3 is 2.64 bits per heavy atom. The van der Waals surface area contributed by atoms with Crippen LogP contribution >= 0.6 is 11.6 Å². The maximum absolute atomic E-state index is 12.3. The first-order valence-corrected chi connectivity index (χ1v) is 9.07. The van der Waals surface area contributed by atoms with Crippen molar-refractivity contribution in [2.24, 2.45) is 5.41 Å². The first-order valence-electron chi connectivity index (χ1n) is 7.04. The molecule has 7 heteroatoms. The van der Waals surface area contributed by atoms with Gasteiger partial charge in [0.1, 0.15) is 0 Å². The molecule has 1 aromatic rings. The number of sulfonamides is 1. The SMILES string of the molecule is N#CCCCS(=O)(=O)NC(=O)C1(Cc2ccccc2Cl)CC1. The molecule has 1 aliphatic rings. The Morgan fingerprint density at radius 2 is 2.05 bits per heavy atom. The topological polar surface area (TPSA) is 87.0 Å². The van der Waals surface area contributed by atoms with Gasteiger partial charge in [-0.15, -0.1) is 0 Å². The number of nitrogens with zero attached hydrogens (tertiary/aromatic N) is 1. The van der Waals surface area contributed by atoms with Gasteiger partial charge in [0, 0.05) is 11.4 Å². The highest BCUT2D eigenvalue weighted by molar-refractivity contribution is 7.90. The molecule has 1 saturated carbocycles. The largest absolute Gasteiger partial charge is 0.273 e. The lowest BCUT2D eigenvalue weighted by Crippen LogP contribution is -2.39. The average Bonchev–Trinajstić information content (AvgIpc) is 3.22. The Balaban J connectivity index is 2.00. The molecule has 0 spiro atoms. The van der Waals surface area contributed by atoms with Crippen molar-refractivity contribution in [1.82, 2.24) is 4.72 Å². The Hall–Kier alpha value is -1.58. The van der Waals surface area contributed by atoms with Crippen LogP contribution in [0.15, 0.2) is 24.3 Å². The number of nitriles is 1. The highest BCUT2D eigenvalue weighted by Crippen LogP contribution is 2.49. The summed E-state index contributed by atoms with van der Waals surface area (Å²) in [5, 5.41) is 9.01. The van der Waals surface area contributed by atoms with Crippen molar-refractivity contribution < 1.29 is 13.2 Å². The van der Waals surface area contributed by atoms with Gasteiger partial charge in [-0.3, -0.25) is 9.52 Å². The van der Waals surface area contributed by atoms with Crippen molar-refractivity contribution in [2.45, 2.75) is 32.1 Å². The van der Waals surface area contributed by atoms with Gasteiger partial charge in [-0.25, -0.2) is 8.42 Å². The maximum Gasteiger partial charge on any atom is 0.239 e. The van der Waals surface area contributed by atoms with Gasteiger partial charge in [-0.1, -0.05) is 29.8 Å². The highest BCUT2D eigenvalue weighted by Gasteiger charge is 2.50. The molecule has 118 valence electrons. The maximum atomic E-state index is 12.3. The summed E-state index contributed by atoms with van der Waals surface area (Å²) in [5.74, 6) is -0.682. The summed E-state index contributed by atoms with van der Waals surface area (Å²) in [4.78, 5) is 12.3. The molecule has 1 aromatic carbocycles. The Labute approximate surface area is 135 Å². The number of unbranched alkanes of at least 4 members (excludes halogenated alkanes) is 1. The van der Waals surface area contributed by atoms with E-state index in [-0.39, 0.29) is 18.6 Å². The van der Waals surface area contributed by atoms with Crippen LogP contribution in [0.2, 0.25) is 5.02 Å². The minimum Gasteiger partial charge on any atom is -0.273 e. The van der Waals surface area contributed by atoms with Crippen molar-refractivity contribution in [3.63, 3.8) is 0 Å². The van der Waals surface area contributed by atoms with Crippen LogP contribution < -0.4 is 4.72 Å². The van der Waals surface area contributed by atoms with Crippen LogP contribution in [-0.2, 0) is 21.2 Å². The summed E-state index contributed by atoms with van der Waals surface area (Å²) in [7, 11) is -3.68. The third kappa shape index (κ3) is 4.21. The summed E-state index contributed by atoms with van der Waals surface area (Å²) in [6.45, 7) is 0. The summed E-state index contributed by atoms with van der Waals surface area (Å²) in [6, 6.07) is 9.13. The Kier molecular flexibility index (Phi) is 5.09. The van der Waals surface area contributed by atoms with Crippen LogP contribution in [-0.4, -0.2) is 20.1 Å². The second kappa shape index (κ2) is 6.67. The van der Waals surface area contributed by atoms with Gasteiger partial charge in [-0.05, 0) is 37.3 Å². The summed E-state index contributed by atoms with van der Waals surface area (Å²) in [5.41, 5.74) is 0.173. The van der Waals surface area contributed by atoms with Gasteiger partial charge in [0.25, 0.3) is 0 Å². The highest BCUT2D eigenvalue weighted by atomic mass is 35.5. The van der Waals surface area contributed by atoms with E-state index in [2.05, 4.69) is 4.72 Å². The number of carbonyl (C=O) groups excluding carboxylic acids is 1. The van der Waals surface area contributed by atoms with Crippen LogP contribution in [0.25, 0.3) is 0 Å². The normalized spacial score (nSPS) is 15.8. The lowest BCUT2D eigenvalue weighted by atomic mass is 9.96. The smallest absolute Gasteiger partial charge is 0.239 e. The van der Waals surface area contributed by atoms with Crippen LogP contribution in [0, 0.1) is 16.7 Å². The molecule has 0 unspecified atom stereocenters. The third-order valence-corrected chi connectivity index (χ3v) is 5.46. The van der Waals surface area contributed by atoms with E-state index in [1.54, 1.807) is 6.07 Å². The number of halogens is 1. The molecule has 0 heterocycles. The molecule has 0 atom stereocenters. The van der Waals surface area contributed by atoms with Crippen LogP contribution in [0.4, 0.5) is 0 Å². The van der Waals surface area contributed by atoms with Crippen LogP contribution in [0.3, 0.4) is 0 Å². The molecule has 1 aliphatic carbocycles. The zero-order valence-corrected chi connectivity index (χ0v) is 13.6. The van der Waals surface area contributed by atoms with Crippen molar-refractivity contribution in [1.29, 1.82) is 5.26 Å². The lowest BCUT2D eigenvalue weighted by molar-refractivity contribution is -0.124. The molecule has 0 saturated heterocycles. The summed E-state index contributed by atoms with van der Waals surface area (Å²) in [6.07, 6.45) is 2.11. The van der Waals surface area contributed by atoms with Gasteiger partial charge in [0.05, 0.1) is 17.2 Å². The molecule has 2 rings (SSSR count). The van der Waals surface area contributed by atoms with E-state index < -0.39 is 21.3 Å². The number of nitrogens with one attached hydrogen (secondary N) is 1. The molecule has 0 aromatic heterocycles. The fourth-order valence-electron chi connectivity index (χ4n) is 2.28. The number of hydrogen-bond acceptors (Lipinski definition) is 4. The molecular formula is C15H17ClN2O3S. The average molecular weight is 341 g/mol. The fraction of sp³-hybridized carbons (Fsp3) is 0.467. The molecule has 0 aliphatic heterocycles. The fourth-order valence-corrected chi connectivity index (χ4v) is 3.61. The van der Waals surface area contributed by atoms with Crippen LogP contribution in [0.1, 0.15) is 31.2 Å². The summed E-state index contributed by atoms with van der Waals surface area (Å²) >= 11 is 6.10. The van der Waals surface area contributed by atoms with E-state index in [1.807, 2.05) is 24.3 Å². The Bertz CT molecular complexity index is 706. The molecule has 1 N–H and O–H groups in total. The number of rotatable bonds is 7. The van der Waals surface area contributed by atoms with Crippen molar-refractivity contribution in [3.8, 4) is 6.07 Å². The molecule has 1 fully saturated rings. The van der Waals surface area contributed by atoms with E-state index in [1.165, 1.54) is 0 Å². The second-order valence-electron chi connectivity index (χ2n) is 5.56. The number of benzene rings is 1. The van der Waals surface area contributed by atoms with Gasteiger partial charge in [0.15, 0.2) is 0 Å². The van der Waals surface area contributed by atoms with Crippen molar-refractivity contribution >= 4 is 27.5 Å². The minimum absolute atomic E-state index is 0.153. The summed E-state index contributed by atoms with van der Waals surface area (Å²) < 4.78 is 25.8. The van der Waals surface area contributed by atoms with E-state index in [0.29, 0.717) is 24.3 Å². The number of carbonyl (C=O) groups is 1. The monoisotopic (exact) mass is 340 g/mol. The minimum atomic E-state index is -3.68. The van der Waals surface area contributed by atoms with E-state index >= 15 is 0 Å². The molecule has 1 amide bonds. The van der Waals surface area contributed by atoms with Crippen molar-refractivity contribution in [3.05, 3.63) is 34.9 Å². The van der Waals surface area contributed by atoms with E-state index in [9.17, 15) is 13.2 Å². The third-order valence-electron chi connectivity index (χ3n) is 3.77. The zero-order valence-electron chi connectivity index (χ0n) is 12.0. The van der Waals surface area contributed by atoms with E-state index in [4.69, 9.17) is 16.9 Å². The Morgan fingerprint density at radius 1 is 1.36 bits per heavy atom. The molecule has 0 bridgehead atoms. The van der Waals surface area contributed by atoms with Crippen LogP contribution in [0.5, 0.6) is 0 Å². The zero-order chi connectivity index (χ0) is 16.2.